The van der Waals surface area contributed by atoms with Crippen molar-refractivity contribution in [2.45, 2.75) is 6.10 Å². The Morgan fingerprint density at radius 1 is 1.40 bits per heavy atom. The van der Waals surface area contributed by atoms with Crippen LogP contribution in [-0.2, 0) is 9.47 Å². The Morgan fingerprint density at radius 2 is 2.10 bits per heavy atom. The molecule has 0 fully saturated rings. The lowest BCUT2D eigenvalue weighted by atomic mass is 10.4. The lowest BCUT2D eigenvalue weighted by Crippen LogP contribution is -2.31. The van der Waals surface area contributed by atoms with E-state index in [1.165, 1.54) is 0 Å². The molecule has 0 saturated heterocycles. The third-order valence-corrected chi connectivity index (χ3v) is 0.985. The van der Waals surface area contributed by atoms with E-state index >= 15 is 0 Å². The molecule has 0 saturated carbocycles. The Kier molecular flexibility index (Phi) is 6.84. The second-order valence-corrected chi connectivity index (χ2v) is 2.00. The maximum Gasteiger partial charge on any atom is 0.0962 e. The fourth-order valence-corrected chi connectivity index (χ4v) is 0.579. The molecule has 0 spiro atoms. The number of hydrogen-bond donors (Lipinski definition) is 2. The molecular formula is C6H15NO3. The maximum absolute atomic E-state index is 9.03. The van der Waals surface area contributed by atoms with E-state index in [0.29, 0.717) is 19.9 Å². The van der Waals surface area contributed by atoms with Crippen LogP contribution in [-0.4, -0.2) is 45.3 Å². The summed E-state index contributed by atoms with van der Waals surface area (Å²) in [5, 5.41) is 11.9. The van der Waals surface area contributed by atoms with E-state index in [9.17, 15) is 0 Å². The summed E-state index contributed by atoms with van der Waals surface area (Å²) in [4.78, 5) is 0. The van der Waals surface area contributed by atoms with Crippen molar-refractivity contribution in [3.8, 4) is 0 Å². The highest BCUT2D eigenvalue weighted by Gasteiger charge is 2.00. The van der Waals surface area contributed by atoms with Crippen LogP contribution in [0.1, 0.15) is 0 Å². The molecule has 0 heterocycles. The summed E-state index contributed by atoms with van der Waals surface area (Å²) in [6, 6.07) is 0. The largest absolute Gasteiger partial charge is 0.389 e. The fraction of sp³-hybridized carbons (Fsp3) is 1.00. The molecule has 0 aliphatic heterocycles. The molecule has 0 bridgehead atoms. The average Bonchev–Trinajstić information content (AvgIpc) is 1.89. The second kappa shape index (κ2) is 6.95. The molecule has 4 heteroatoms. The highest BCUT2D eigenvalue weighted by molar-refractivity contribution is 4.54. The summed E-state index contributed by atoms with van der Waals surface area (Å²) in [7, 11) is 3.15. The molecule has 2 N–H and O–H groups in total. The van der Waals surface area contributed by atoms with E-state index in [2.05, 4.69) is 5.32 Å². The lowest BCUT2D eigenvalue weighted by Gasteiger charge is -2.09. The minimum absolute atomic E-state index is 0.358. The third kappa shape index (κ3) is 5.97. The van der Waals surface area contributed by atoms with Crippen LogP contribution in [0.2, 0.25) is 0 Å². The van der Waals surface area contributed by atoms with Crippen LogP contribution >= 0.6 is 0 Å². The van der Waals surface area contributed by atoms with Gasteiger partial charge in [0, 0.05) is 20.8 Å². The molecule has 0 rings (SSSR count). The van der Waals surface area contributed by atoms with Crippen molar-refractivity contribution >= 4 is 0 Å². The monoisotopic (exact) mass is 149 g/mol. The molecule has 1 atom stereocenters. The Balaban J connectivity index is 2.97. The summed E-state index contributed by atoms with van der Waals surface area (Å²) in [6.45, 7) is 1.32. The van der Waals surface area contributed by atoms with E-state index in [-0.39, 0.29) is 0 Å². The van der Waals surface area contributed by atoms with Crippen LogP contribution < -0.4 is 5.32 Å². The van der Waals surface area contributed by atoms with E-state index in [4.69, 9.17) is 14.6 Å². The summed E-state index contributed by atoms with van der Waals surface area (Å²) in [5.41, 5.74) is 0. The van der Waals surface area contributed by atoms with Crippen molar-refractivity contribution < 1.29 is 14.6 Å². The minimum atomic E-state index is -0.444. The van der Waals surface area contributed by atoms with Gasteiger partial charge in [-0.25, -0.2) is 0 Å². The van der Waals surface area contributed by atoms with Gasteiger partial charge >= 0.3 is 0 Å². The second-order valence-electron chi connectivity index (χ2n) is 2.00. The van der Waals surface area contributed by atoms with Crippen molar-refractivity contribution in [2.24, 2.45) is 0 Å². The first-order chi connectivity index (χ1) is 4.81. The van der Waals surface area contributed by atoms with E-state index in [1.807, 2.05) is 0 Å². The molecule has 10 heavy (non-hydrogen) atoms. The van der Waals surface area contributed by atoms with Gasteiger partial charge in [0.25, 0.3) is 0 Å². The summed E-state index contributed by atoms with van der Waals surface area (Å²) >= 11 is 0. The predicted octanol–water partition coefficient (Wildman–Crippen LogP) is -0.813. The van der Waals surface area contributed by atoms with Crippen LogP contribution in [0.3, 0.4) is 0 Å². The molecule has 0 aromatic heterocycles. The number of ether oxygens (including phenoxy) is 2. The molecule has 62 valence electrons. The lowest BCUT2D eigenvalue weighted by molar-refractivity contribution is 0.0566. The molecule has 0 aliphatic carbocycles. The Bertz CT molecular complexity index is 70.0. The van der Waals surface area contributed by atoms with Crippen molar-refractivity contribution in [1.82, 2.24) is 5.32 Å². The van der Waals surface area contributed by atoms with Crippen molar-refractivity contribution in [3.63, 3.8) is 0 Å². The van der Waals surface area contributed by atoms with Gasteiger partial charge in [0.2, 0.25) is 0 Å². The van der Waals surface area contributed by atoms with Crippen LogP contribution in [0.25, 0.3) is 0 Å². The van der Waals surface area contributed by atoms with E-state index < -0.39 is 6.10 Å². The zero-order valence-corrected chi connectivity index (χ0v) is 6.46. The van der Waals surface area contributed by atoms with Crippen LogP contribution in [0, 0.1) is 0 Å². The maximum atomic E-state index is 9.03. The first kappa shape index (κ1) is 9.84. The number of aliphatic hydroxyl groups excluding tert-OH is 1. The van der Waals surface area contributed by atoms with Crippen LogP contribution in [0.15, 0.2) is 0 Å². The third-order valence-electron chi connectivity index (χ3n) is 0.985. The summed E-state index contributed by atoms with van der Waals surface area (Å²) in [5.74, 6) is 0. The molecule has 1 unspecified atom stereocenters. The summed E-state index contributed by atoms with van der Waals surface area (Å²) in [6.07, 6.45) is -0.444. The summed E-state index contributed by atoms with van der Waals surface area (Å²) < 4.78 is 9.41. The molecule has 0 aliphatic rings. The Hall–Kier alpha value is -0.160. The van der Waals surface area contributed by atoms with Gasteiger partial charge in [-0.2, -0.15) is 0 Å². The Morgan fingerprint density at radius 3 is 2.60 bits per heavy atom. The van der Waals surface area contributed by atoms with Gasteiger partial charge in [-0.3, -0.25) is 5.32 Å². The average molecular weight is 149 g/mol. The zero-order valence-electron chi connectivity index (χ0n) is 6.46. The fourth-order valence-electron chi connectivity index (χ4n) is 0.579. The van der Waals surface area contributed by atoms with Crippen molar-refractivity contribution in [3.05, 3.63) is 0 Å². The Labute approximate surface area is 61.1 Å². The first-order valence-electron chi connectivity index (χ1n) is 3.18. The van der Waals surface area contributed by atoms with Gasteiger partial charge in [-0.1, -0.05) is 0 Å². The smallest absolute Gasteiger partial charge is 0.0962 e. The number of nitrogens with one attached hydrogen (secondary N) is 1. The molecule has 0 radical (unpaired) electrons. The van der Waals surface area contributed by atoms with Crippen LogP contribution in [0.5, 0.6) is 0 Å². The highest BCUT2D eigenvalue weighted by Crippen LogP contribution is 1.79. The SMILES string of the molecule is COCNCC(O)COC. The minimum Gasteiger partial charge on any atom is -0.389 e. The van der Waals surface area contributed by atoms with Gasteiger partial charge < -0.3 is 14.6 Å². The number of methoxy groups -OCH3 is 2. The molecular weight excluding hydrogens is 134 g/mol. The quantitative estimate of drug-likeness (QED) is 0.383. The van der Waals surface area contributed by atoms with Crippen molar-refractivity contribution in [2.75, 3.05) is 34.1 Å². The van der Waals surface area contributed by atoms with Gasteiger partial charge in [-0.05, 0) is 0 Å². The highest BCUT2D eigenvalue weighted by atomic mass is 16.5. The van der Waals surface area contributed by atoms with Gasteiger partial charge in [0.1, 0.15) is 0 Å². The van der Waals surface area contributed by atoms with E-state index in [0.717, 1.165) is 0 Å². The van der Waals surface area contributed by atoms with Gasteiger partial charge in [-0.15, -0.1) is 0 Å². The first-order valence-corrected chi connectivity index (χ1v) is 3.18. The number of rotatable bonds is 6. The normalized spacial score (nSPS) is 13.5. The predicted molar refractivity (Wildman–Crippen MR) is 37.8 cm³/mol. The molecule has 0 aromatic carbocycles. The molecule has 0 aromatic rings. The zero-order chi connectivity index (χ0) is 7.82. The topological polar surface area (TPSA) is 50.7 Å². The number of aliphatic hydroxyl groups is 1. The van der Waals surface area contributed by atoms with E-state index in [1.54, 1.807) is 14.2 Å². The molecule has 0 amide bonds. The van der Waals surface area contributed by atoms with Crippen LogP contribution in [0.4, 0.5) is 0 Å². The number of hydrogen-bond acceptors (Lipinski definition) is 4. The standard InChI is InChI=1S/C6H15NO3/c1-9-4-6(8)3-7-5-10-2/h6-8H,3-5H2,1-2H3. The van der Waals surface area contributed by atoms with Gasteiger partial charge in [0.15, 0.2) is 0 Å². The van der Waals surface area contributed by atoms with Crippen molar-refractivity contribution in [1.29, 1.82) is 0 Å². The molecule has 4 nitrogen and oxygen atoms in total. The van der Waals surface area contributed by atoms with Gasteiger partial charge in [0.05, 0.1) is 19.4 Å².